The molecule has 10 heavy (non-hydrogen) atoms. The molecule has 1 aliphatic rings. The minimum absolute atomic E-state index is 0.209. The van der Waals surface area contributed by atoms with Crippen LogP contribution < -0.4 is 0 Å². The van der Waals surface area contributed by atoms with Gasteiger partial charge in [-0.3, -0.25) is 0 Å². The van der Waals surface area contributed by atoms with Crippen molar-refractivity contribution in [1.82, 2.24) is 0 Å². The fourth-order valence-electron chi connectivity index (χ4n) is 1.06. The van der Waals surface area contributed by atoms with Crippen molar-refractivity contribution >= 4 is 0 Å². The molecule has 0 amide bonds. The molecule has 1 radical (unpaired) electrons. The normalized spacial score (nSPS) is 19.5. The van der Waals surface area contributed by atoms with Gasteiger partial charge in [0.15, 0.2) is 0 Å². The van der Waals surface area contributed by atoms with Gasteiger partial charge in [0, 0.05) is 5.92 Å². The summed E-state index contributed by atoms with van der Waals surface area (Å²) in [6.07, 6.45) is 12.0. The fraction of sp³-hybridized carbons (Fsp3) is 0.600. The minimum Gasteiger partial charge on any atom is -0.119 e. The molecule has 53 valence electrons. The second kappa shape index (κ2) is 3.46. The molecule has 0 bridgehead atoms. The summed E-state index contributed by atoms with van der Waals surface area (Å²) in [4.78, 5) is 0. The number of allylic oxidation sites excluding steroid dienone is 1. The third-order valence-corrected chi connectivity index (χ3v) is 2.03. The van der Waals surface area contributed by atoms with Crippen molar-refractivity contribution < 1.29 is 0 Å². The first-order valence-corrected chi connectivity index (χ1v) is 3.88. The van der Waals surface area contributed by atoms with Crippen LogP contribution in [0, 0.1) is 30.8 Å². The molecule has 0 heterocycles. The van der Waals surface area contributed by atoms with Crippen LogP contribution in [0.25, 0.3) is 0 Å². The first kappa shape index (κ1) is 7.41. The maximum absolute atomic E-state index is 5.32. The molecule has 1 atom stereocenters. The quantitative estimate of drug-likeness (QED) is 0.517. The van der Waals surface area contributed by atoms with Gasteiger partial charge in [-0.2, -0.15) is 0 Å². The molecule has 0 heteroatoms. The van der Waals surface area contributed by atoms with E-state index in [2.05, 4.69) is 5.92 Å². The van der Waals surface area contributed by atoms with Gasteiger partial charge in [-0.1, -0.05) is 31.4 Å². The Kier molecular flexibility index (Phi) is 2.57. The molecule has 0 N–H and O–H groups in total. The highest BCUT2D eigenvalue weighted by Gasteiger charge is 2.21. The molecule has 0 spiro atoms. The Bertz CT molecular complexity index is 146. The van der Waals surface area contributed by atoms with Crippen LogP contribution in [0.3, 0.4) is 0 Å². The molecule has 1 unspecified atom stereocenters. The van der Waals surface area contributed by atoms with Crippen molar-refractivity contribution in [3.05, 3.63) is 12.7 Å². The summed E-state index contributed by atoms with van der Waals surface area (Å²) in [7, 11) is 0. The van der Waals surface area contributed by atoms with Crippen LogP contribution in [-0.2, 0) is 0 Å². The Balaban J connectivity index is 2.09. The second-order valence-electron chi connectivity index (χ2n) is 2.99. The first-order valence-electron chi connectivity index (χ1n) is 3.88. The first-order chi connectivity index (χ1) is 4.86. The lowest BCUT2D eigenvalue weighted by atomic mass is 10.0. The van der Waals surface area contributed by atoms with Gasteiger partial charge in [-0.25, -0.2) is 0 Å². The monoisotopic (exact) mass is 133 g/mol. The Labute approximate surface area is 63.3 Å². The van der Waals surface area contributed by atoms with Crippen molar-refractivity contribution in [3.8, 4) is 12.3 Å². The summed E-state index contributed by atoms with van der Waals surface area (Å²) in [5.41, 5.74) is 0. The predicted molar refractivity (Wildman–Crippen MR) is 43.2 cm³/mol. The summed E-state index contributed by atoms with van der Waals surface area (Å²) >= 11 is 0. The van der Waals surface area contributed by atoms with Gasteiger partial charge in [-0.05, 0) is 18.8 Å². The van der Waals surface area contributed by atoms with Gasteiger partial charge in [0.25, 0.3) is 0 Å². The summed E-state index contributed by atoms with van der Waals surface area (Å²) < 4.78 is 0. The second-order valence-corrected chi connectivity index (χ2v) is 2.99. The van der Waals surface area contributed by atoms with Gasteiger partial charge in [0.2, 0.25) is 0 Å². The highest BCUT2D eigenvalue weighted by atomic mass is 14.3. The molecule has 1 aliphatic carbocycles. The SMILES string of the molecule is [CH]=CC(C#C)CCC1CC1. The largest absolute Gasteiger partial charge is 0.119 e. The predicted octanol–water partition coefficient (Wildman–Crippen LogP) is 2.42. The zero-order valence-electron chi connectivity index (χ0n) is 6.22. The topological polar surface area (TPSA) is 0 Å². The van der Waals surface area contributed by atoms with E-state index >= 15 is 0 Å². The summed E-state index contributed by atoms with van der Waals surface area (Å²) in [6.45, 7) is 5.32. The van der Waals surface area contributed by atoms with E-state index in [1.165, 1.54) is 19.3 Å². The number of rotatable bonds is 4. The van der Waals surface area contributed by atoms with Gasteiger partial charge in [0.1, 0.15) is 0 Å². The van der Waals surface area contributed by atoms with Crippen LogP contribution in [-0.4, -0.2) is 0 Å². The van der Waals surface area contributed by atoms with E-state index < -0.39 is 0 Å². The van der Waals surface area contributed by atoms with E-state index in [1.54, 1.807) is 6.08 Å². The van der Waals surface area contributed by atoms with Crippen molar-refractivity contribution in [2.75, 3.05) is 0 Å². The van der Waals surface area contributed by atoms with Gasteiger partial charge in [0.05, 0.1) is 0 Å². The Morgan fingerprint density at radius 2 is 2.30 bits per heavy atom. The Morgan fingerprint density at radius 3 is 2.70 bits per heavy atom. The van der Waals surface area contributed by atoms with E-state index in [9.17, 15) is 0 Å². The summed E-state index contributed by atoms with van der Waals surface area (Å²) in [6, 6.07) is 0. The van der Waals surface area contributed by atoms with Gasteiger partial charge in [-0.15, -0.1) is 6.42 Å². The summed E-state index contributed by atoms with van der Waals surface area (Å²) in [5.74, 6) is 3.83. The average Bonchev–Trinajstić information content (AvgIpc) is 2.74. The lowest BCUT2D eigenvalue weighted by Crippen LogP contribution is -1.91. The molecule has 0 saturated heterocycles. The van der Waals surface area contributed by atoms with E-state index in [4.69, 9.17) is 13.0 Å². The molecule has 0 aromatic rings. The van der Waals surface area contributed by atoms with Crippen molar-refractivity contribution in [1.29, 1.82) is 0 Å². The highest BCUT2D eigenvalue weighted by molar-refractivity contribution is 5.01. The third-order valence-electron chi connectivity index (χ3n) is 2.03. The molecule has 1 saturated carbocycles. The fourth-order valence-corrected chi connectivity index (χ4v) is 1.06. The van der Waals surface area contributed by atoms with Crippen LogP contribution in [0.5, 0.6) is 0 Å². The Morgan fingerprint density at radius 1 is 1.60 bits per heavy atom. The van der Waals surface area contributed by atoms with E-state index in [-0.39, 0.29) is 5.92 Å². The lowest BCUT2D eigenvalue weighted by molar-refractivity contribution is 0.617. The molecule has 1 rings (SSSR count). The number of terminal acetylenes is 1. The number of hydrogen-bond acceptors (Lipinski definition) is 0. The van der Waals surface area contributed by atoms with Gasteiger partial charge < -0.3 is 0 Å². The zero-order chi connectivity index (χ0) is 7.40. The molecular weight excluding hydrogens is 120 g/mol. The molecular formula is C10H13. The Hall–Kier alpha value is -0.700. The van der Waals surface area contributed by atoms with Crippen molar-refractivity contribution in [2.24, 2.45) is 11.8 Å². The van der Waals surface area contributed by atoms with Crippen LogP contribution >= 0.6 is 0 Å². The smallest absolute Gasteiger partial charge is 0.0383 e. The van der Waals surface area contributed by atoms with Crippen LogP contribution in [0.2, 0.25) is 0 Å². The molecule has 1 fully saturated rings. The standard InChI is InChI=1S/C10H13/c1-3-9(4-2)5-6-10-7-8-10/h1-3,9-10H,5-8H2. The third kappa shape index (κ3) is 2.27. The highest BCUT2D eigenvalue weighted by Crippen LogP contribution is 2.34. The number of hydrogen-bond donors (Lipinski definition) is 0. The molecule has 0 nitrogen and oxygen atoms in total. The molecule has 0 aromatic heterocycles. The molecule has 0 aromatic carbocycles. The van der Waals surface area contributed by atoms with Gasteiger partial charge >= 0.3 is 0 Å². The van der Waals surface area contributed by atoms with Crippen LogP contribution in [0.15, 0.2) is 6.08 Å². The van der Waals surface area contributed by atoms with E-state index in [0.717, 1.165) is 12.3 Å². The summed E-state index contributed by atoms with van der Waals surface area (Å²) in [5, 5.41) is 0. The minimum atomic E-state index is 0.209. The van der Waals surface area contributed by atoms with E-state index in [0.29, 0.717) is 0 Å². The van der Waals surface area contributed by atoms with Crippen molar-refractivity contribution in [2.45, 2.75) is 25.7 Å². The van der Waals surface area contributed by atoms with Crippen molar-refractivity contribution in [3.63, 3.8) is 0 Å². The van der Waals surface area contributed by atoms with E-state index in [1.807, 2.05) is 0 Å². The maximum Gasteiger partial charge on any atom is 0.0383 e. The zero-order valence-corrected chi connectivity index (χ0v) is 6.22. The van der Waals surface area contributed by atoms with Crippen LogP contribution in [0.4, 0.5) is 0 Å². The maximum atomic E-state index is 5.32. The molecule has 0 aliphatic heterocycles. The van der Waals surface area contributed by atoms with Crippen LogP contribution in [0.1, 0.15) is 25.7 Å². The average molecular weight is 133 g/mol. The lowest BCUT2D eigenvalue weighted by Gasteiger charge is -2.01.